The van der Waals surface area contributed by atoms with Crippen LogP contribution in [0, 0.1) is 6.57 Å². The first kappa shape index (κ1) is 8.97. The van der Waals surface area contributed by atoms with Crippen LogP contribution in [0.3, 0.4) is 0 Å². The summed E-state index contributed by atoms with van der Waals surface area (Å²) in [6.07, 6.45) is 0. The topological polar surface area (TPSA) is 49.2 Å². The molecule has 14 heavy (non-hydrogen) atoms. The van der Waals surface area contributed by atoms with E-state index in [1.165, 1.54) is 6.07 Å². The highest BCUT2D eigenvalue weighted by Crippen LogP contribution is 2.22. The molecule has 1 fully saturated rings. The standard InChI is InChI=1S/C10H11N3O/c1-11-9-6-12-5-7(9)8-3-2-4-10(14)13-8/h2-4,7,9,12H,5-6H2,(H,13,14)/t7?,9-/m1/s1. The molecule has 1 aromatic heterocycles. The summed E-state index contributed by atoms with van der Waals surface area (Å²) < 4.78 is 0. The van der Waals surface area contributed by atoms with Gasteiger partial charge in [0, 0.05) is 18.3 Å². The van der Waals surface area contributed by atoms with E-state index in [1.807, 2.05) is 6.07 Å². The van der Waals surface area contributed by atoms with Crippen molar-refractivity contribution in [2.75, 3.05) is 13.1 Å². The molecule has 72 valence electrons. The molecule has 2 N–H and O–H groups in total. The Hall–Kier alpha value is -1.60. The van der Waals surface area contributed by atoms with Gasteiger partial charge in [-0.15, -0.1) is 0 Å². The molecule has 2 atom stereocenters. The van der Waals surface area contributed by atoms with Crippen LogP contribution in [0.25, 0.3) is 4.85 Å². The summed E-state index contributed by atoms with van der Waals surface area (Å²) in [5.74, 6) is 0.126. The predicted octanol–water partition coefficient (Wildman–Crippen LogP) is 0.350. The SMILES string of the molecule is [C-]#[N+][C@@H]1CNCC1c1cccc(=O)[nH]1. The van der Waals surface area contributed by atoms with Crippen molar-refractivity contribution in [2.45, 2.75) is 12.0 Å². The molecule has 1 unspecified atom stereocenters. The van der Waals surface area contributed by atoms with Gasteiger partial charge in [-0.25, -0.2) is 6.57 Å². The van der Waals surface area contributed by atoms with Crippen molar-refractivity contribution in [3.8, 4) is 0 Å². The van der Waals surface area contributed by atoms with Crippen molar-refractivity contribution in [1.29, 1.82) is 0 Å². The maximum absolute atomic E-state index is 11.1. The molecule has 4 nitrogen and oxygen atoms in total. The highest BCUT2D eigenvalue weighted by molar-refractivity contribution is 5.17. The number of pyridine rings is 1. The lowest BCUT2D eigenvalue weighted by atomic mass is 10.00. The molecule has 2 heterocycles. The minimum Gasteiger partial charge on any atom is -0.326 e. The molecular formula is C10H11N3O. The van der Waals surface area contributed by atoms with Crippen molar-refractivity contribution < 1.29 is 0 Å². The zero-order valence-electron chi connectivity index (χ0n) is 7.66. The Balaban J connectivity index is 2.31. The molecule has 0 amide bonds. The van der Waals surface area contributed by atoms with Crippen LogP contribution in [-0.4, -0.2) is 24.1 Å². The lowest BCUT2D eigenvalue weighted by Crippen LogP contribution is -2.17. The van der Waals surface area contributed by atoms with Gasteiger partial charge in [0.1, 0.15) is 0 Å². The highest BCUT2D eigenvalue weighted by atomic mass is 16.1. The Bertz CT molecular complexity index is 418. The van der Waals surface area contributed by atoms with Crippen LogP contribution in [0.4, 0.5) is 0 Å². The van der Waals surface area contributed by atoms with Gasteiger partial charge in [0.25, 0.3) is 0 Å². The normalized spacial score (nSPS) is 25.9. The molecule has 0 saturated carbocycles. The average Bonchev–Trinajstić information content (AvgIpc) is 2.65. The van der Waals surface area contributed by atoms with Crippen molar-refractivity contribution in [1.82, 2.24) is 10.3 Å². The minimum atomic E-state index is -0.0990. The van der Waals surface area contributed by atoms with Gasteiger partial charge in [0.15, 0.2) is 0 Å². The summed E-state index contributed by atoms with van der Waals surface area (Å²) in [6.45, 7) is 8.51. The van der Waals surface area contributed by atoms with E-state index in [1.54, 1.807) is 6.07 Å². The van der Waals surface area contributed by atoms with E-state index in [9.17, 15) is 4.79 Å². The molecule has 1 aromatic rings. The molecule has 2 rings (SSSR count). The fourth-order valence-corrected chi connectivity index (χ4v) is 1.80. The number of nitrogens with zero attached hydrogens (tertiary/aromatic N) is 1. The molecule has 1 saturated heterocycles. The molecule has 4 heteroatoms. The number of hydrogen-bond donors (Lipinski definition) is 2. The molecule has 0 aliphatic carbocycles. The van der Waals surface area contributed by atoms with Gasteiger partial charge in [0.2, 0.25) is 11.6 Å². The number of aromatic amines is 1. The lowest BCUT2D eigenvalue weighted by Gasteiger charge is -2.08. The predicted molar refractivity (Wildman–Crippen MR) is 53.1 cm³/mol. The summed E-state index contributed by atoms with van der Waals surface area (Å²) in [5.41, 5.74) is 0.765. The van der Waals surface area contributed by atoms with Gasteiger partial charge < -0.3 is 15.1 Å². The van der Waals surface area contributed by atoms with Crippen molar-refractivity contribution in [2.24, 2.45) is 0 Å². The zero-order chi connectivity index (χ0) is 9.97. The number of aromatic nitrogens is 1. The van der Waals surface area contributed by atoms with Crippen molar-refractivity contribution in [3.05, 3.63) is 45.7 Å². The van der Waals surface area contributed by atoms with Gasteiger partial charge in [-0.1, -0.05) is 6.07 Å². The smallest absolute Gasteiger partial charge is 0.248 e. The summed E-state index contributed by atoms with van der Waals surface area (Å²) in [4.78, 5) is 17.4. The quantitative estimate of drug-likeness (QED) is 0.626. The number of hydrogen-bond acceptors (Lipinski definition) is 2. The summed E-state index contributed by atoms with van der Waals surface area (Å²) in [5, 5.41) is 3.16. The monoisotopic (exact) mass is 189 g/mol. The van der Waals surface area contributed by atoms with E-state index in [-0.39, 0.29) is 17.5 Å². The molecule has 0 bridgehead atoms. The van der Waals surface area contributed by atoms with Crippen molar-refractivity contribution >= 4 is 0 Å². The second-order valence-electron chi connectivity index (χ2n) is 3.43. The number of rotatable bonds is 1. The third-order valence-electron chi connectivity index (χ3n) is 2.54. The van der Waals surface area contributed by atoms with E-state index in [2.05, 4.69) is 15.1 Å². The first-order chi connectivity index (χ1) is 6.81. The fraction of sp³-hybridized carbons (Fsp3) is 0.400. The van der Waals surface area contributed by atoms with E-state index in [0.29, 0.717) is 6.54 Å². The second kappa shape index (κ2) is 3.64. The molecule has 1 aliphatic heterocycles. The van der Waals surface area contributed by atoms with E-state index in [0.717, 1.165) is 12.2 Å². The summed E-state index contributed by atoms with van der Waals surface area (Å²) in [7, 11) is 0. The van der Waals surface area contributed by atoms with Crippen LogP contribution >= 0.6 is 0 Å². The van der Waals surface area contributed by atoms with Gasteiger partial charge in [-0.3, -0.25) is 4.79 Å². The largest absolute Gasteiger partial charge is 0.326 e. The molecule has 0 spiro atoms. The Morgan fingerprint density at radius 3 is 3.00 bits per heavy atom. The minimum absolute atomic E-state index is 0.0481. The molecule has 1 aliphatic rings. The van der Waals surface area contributed by atoms with E-state index >= 15 is 0 Å². The summed E-state index contributed by atoms with van der Waals surface area (Å²) in [6, 6.07) is 5.04. The first-order valence-electron chi connectivity index (χ1n) is 4.58. The Morgan fingerprint density at radius 2 is 2.29 bits per heavy atom. The third kappa shape index (κ3) is 1.54. The highest BCUT2D eigenvalue weighted by Gasteiger charge is 2.33. The Labute approximate surface area is 81.8 Å². The lowest BCUT2D eigenvalue weighted by molar-refractivity contribution is 0.699. The van der Waals surface area contributed by atoms with Crippen LogP contribution in [0.15, 0.2) is 23.0 Å². The van der Waals surface area contributed by atoms with Crippen LogP contribution in [0.2, 0.25) is 0 Å². The van der Waals surface area contributed by atoms with Crippen LogP contribution in [0.1, 0.15) is 11.6 Å². The Kier molecular flexibility index (Phi) is 2.33. The molecule has 0 radical (unpaired) electrons. The first-order valence-corrected chi connectivity index (χ1v) is 4.58. The maximum Gasteiger partial charge on any atom is 0.248 e. The van der Waals surface area contributed by atoms with Crippen LogP contribution < -0.4 is 10.9 Å². The summed E-state index contributed by atoms with van der Waals surface area (Å²) >= 11 is 0. The second-order valence-corrected chi connectivity index (χ2v) is 3.43. The van der Waals surface area contributed by atoms with Crippen molar-refractivity contribution in [3.63, 3.8) is 0 Å². The fourth-order valence-electron chi connectivity index (χ4n) is 1.80. The van der Waals surface area contributed by atoms with E-state index in [4.69, 9.17) is 6.57 Å². The number of nitrogens with one attached hydrogen (secondary N) is 2. The zero-order valence-corrected chi connectivity index (χ0v) is 7.66. The number of H-pyrrole nitrogens is 1. The maximum atomic E-state index is 11.1. The van der Waals surface area contributed by atoms with E-state index < -0.39 is 0 Å². The third-order valence-corrected chi connectivity index (χ3v) is 2.54. The van der Waals surface area contributed by atoms with Crippen LogP contribution in [-0.2, 0) is 0 Å². The molecular weight excluding hydrogens is 178 g/mol. The van der Waals surface area contributed by atoms with Gasteiger partial charge >= 0.3 is 0 Å². The van der Waals surface area contributed by atoms with Gasteiger partial charge in [-0.2, -0.15) is 0 Å². The molecule has 0 aromatic carbocycles. The van der Waals surface area contributed by atoms with Gasteiger partial charge in [-0.05, 0) is 6.07 Å². The van der Waals surface area contributed by atoms with Gasteiger partial charge in [0.05, 0.1) is 12.5 Å². The van der Waals surface area contributed by atoms with Crippen LogP contribution in [0.5, 0.6) is 0 Å². The average molecular weight is 189 g/mol. The Morgan fingerprint density at radius 1 is 1.43 bits per heavy atom.